The minimum Gasteiger partial charge on any atom is -0.409 e. The number of rotatable bonds is 9. The highest BCUT2D eigenvalue weighted by atomic mass is 16.5. The lowest BCUT2D eigenvalue weighted by Gasteiger charge is -2.09. The second kappa shape index (κ2) is 9.35. The standard InChI is InChI=1S/C14H23N3O2/c1-19-11-13-7-3-2-6-12(13)10-16-9-5-4-8-14(15)17-18/h2-3,6-7,16,18H,4-5,8-11H2,1H3,(H2,15,17). The van der Waals surface area contributed by atoms with Crippen LogP contribution in [0.3, 0.4) is 0 Å². The van der Waals surface area contributed by atoms with E-state index in [-0.39, 0.29) is 0 Å². The van der Waals surface area contributed by atoms with E-state index in [1.807, 2.05) is 12.1 Å². The number of hydrogen-bond acceptors (Lipinski definition) is 4. The second-order valence-electron chi connectivity index (χ2n) is 4.43. The number of oxime groups is 1. The van der Waals surface area contributed by atoms with Gasteiger partial charge in [-0.1, -0.05) is 29.4 Å². The van der Waals surface area contributed by atoms with Gasteiger partial charge < -0.3 is 21.0 Å². The van der Waals surface area contributed by atoms with E-state index in [1.165, 1.54) is 11.1 Å². The van der Waals surface area contributed by atoms with Gasteiger partial charge in [-0.05, 0) is 30.5 Å². The Balaban J connectivity index is 2.22. The predicted octanol–water partition coefficient (Wildman–Crippen LogP) is 1.84. The summed E-state index contributed by atoms with van der Waals surface area (Å²) in [7, 11) is 1.71. The number of unbranched alkanes of at least 4 members (excludes halogenated alkanes) is 1. The second-order valence-corrected chi connectivity index (χ2v) is 4.43. The van der Waals surface area contributed by atoms with Gasteiger partial charge in [-0.3, -0.25) is 0 Å². The first-order valence-corrected chi connectivity index (χ1v) is 6.50. The molecule has 0 atom stereocenters. The average Bonchev–Trinajstić information content (AvgIpc) is 2.44. The molecule has 0 heterocycles. The zero-order valence-corrected chi connectivity index (χ0v) is 11.4. The maximum atomic E-state index is 8.40. The van der Waals surface area contributed by atoms with E-state index >= 15 is 0 Å². The van der Waals surface area contributed by atoms with Crippen molar-refractivity contribution in [3.63, 3.8) is 0 Å². The van der Waals surface area contributed by atoms with Crippen molar-refractivity contribution in [2.24, 2.45) is 10.9 Å². The summed E-state index contributed by atoms with van der Waals surface area (Å²) in [4.78, 5) is 0. The molecule has 0 spiro atoms. The van der Waals surface area contributed by atoms with Crippen molar-refractivity contribution < 1.29 is 9.94 Å². The van der Waals surface area contributed by atoms with Gasteiger partial charge in [-0.15, -0.1) is 0 Å². The lowest BCUT2D eigenvalue weighted by molar-refractivity contribution is 0.184. The molecule has 5 heteroatoms. The van der Waals surface area contributed by atoms with Crippen molar-refractivity contribution in [1.82, 2.24) is 5.32 Å². The number of methoxy groups -OCH3 is 1. The van der Waals surface area contributed by atoms with E-state index in [0.717, 1.165) is 25.9 Å². The molecule has 0 unspecified atom stereocenters. The smallest absolute Gasteiger partial charge is 0.139 e. The van der Waals surface area contributed by atoms with Gasteiger partial charge in [0, 0.05) is 20.1 Å². The van der Waals surface area contributed by atoms with Crippen LogP contribution in [0.2, 0.25) is 0 Å². The van der Waals surface area contributed by atoms with E-state index < -0.39 is 0 Å². The Bertz CT molecular complexity index is 394. The quantitative estimate of drug-likeness (QED) is 0.209. The molecule has 106 valence electrons. The fourth-order valence-electron chi connectivity index (χ4n) is 1.86. The third kappa shape index (κ3) is 6.22. The van der Waals surface area contributed by atoms with Gasteiger partial charge in [0.05, 0.1) is 6.61 Å². The van der Waals surface area contributed by atoms with Crippen LogP contribution >= 0.6 is 0 Å². The summed E-state index contributed by atoms with van der Waals surface area (Å²) < 4.78 is 5.17. The van der Waals surface area contributed by atoms with Gasteiger partial charge in [0.25, 0.3) is 0 Å². The molecule has 4 N–H and O–H groups in total. The third-order valence-corrected chi connectivity index (χ3v) is 2.90. The molecular weight excluding hydrogens is 242 g/mol. The minimum absolute atomic E-state index is 0.297. The highest BCUT2D eigenvalue weighted by Gasteiger charge is 2.00. The Morgan fingerprint density at radius 2 is 2.05 bits per heavy atom. The molecule has 0 aromatic heterocycles. The summed E-state index contributed by atoms with van der Waals surface area (Å²) in [6.07, 6.45) is 2.56. The van der Waals surface area contributed by atoms with Crippen LogP contribution in [0.5, 0.6) is 0 Å². The predicted molar refractivity (Wildman–Crippen MR) is 76.1 cm³/mol. The number of nitrogens with zero attached hydrogens (tertiary/aromatic N) is 1. The zero-order chi connectivity index (χ0) is 13.9. The van der Waals surface area contributed by atoms with E-state index in [9.17, 15) is 0 Å². The van der Waals surface area contributed by atoms with E-state index in [1.54, 1.807) is 7.11 Å². The Morgan fingerprint density at radius 3 is 2.74 bits per heavy atom. The fraction of sp³-hybridized carbons (Fsp3) is 0.500. The van der Waals surface area contributed by atoms with E-state index in [4.69, 9.17) is 15.7 Å². The normalized spacial score (nSPS) is 11.7. The first-order valence-electron chi connectivity index (χ1n) is 6.50. The largest absolute Gasteiger partial charge is 0.409 e. The number of ether oxygens (including phenoxy) is 1. The van der Waals surface area contributed by atoms with Crippen molar-refractivity contribution in [3.8, 4) is 0 Å². The number of nitrogens with one attached hydrogen (secondary N) is 1. The summed E-state index contributed by atoms with van der Waals surface area (Å²) in [6, 6.07) is 8.25. The first kappa shape index (κ1) is 15.5. The molecule has 0 amide bonds. The highest BCUT2D eigenvalue weighted by Crippen LogP contribution is 2.09. The summed E-state index contributed by atoms with van der Waals surface area (Å²) in [6.45, 7) is 2.39. The lowest BCUT2D eigenvalue weighted by atomic mass is 10.1. The summed E-state index contributed by atoms with van der Waals surface area (Å²) in [5.74, 6) is 0.297. The van der Waals surface area contributed by atoms with Crippen molar-refractivity contribution >= 4 is 5.84 Å². The molecule has 0 aliphatic rings. The average molecular weight is 265 g/mol. The van der Waals surface area contributed by atoms with Gasteiger partial charge in [0.2, 0.25) is 0 Å². The molecule has 19 heavy (non-hydrogen) atoms. The maximum Gasteiger partial charge on any atom is 0.139 e. The Hall–Kier alpha value is -1.59. The van der Waals surface area contributed by atoms with Crippen molar-refractivity contribution in [2.75, 3.05) is 13.7 Å². The summed E-state index contributed by atoms with van der Waals surface area (Å²) >= 11 is 0. The summed E-state index contributed by atoms with van der Waals surface area (Å²) in [5, 5.41) is 14.7. The molecular formula is C14H23N3O2. The molecule has 1 rings (SSSR count). The van der Waals surface area contributed by atoms with Crippen LogP contribution in [0.15, 0.2) is 29.4 Å². The van der Waals surface area contributed by atoms with Crippen molar-refractivity contribution in [2.45, 2.75) is 32.4 Å². The Kier molecular flexibility index (Phi) is 7.62. The van der Waals surface area contributed by atoms with Crippen LogP contribution in [0.4, 0.5) is 0 Å². The number of benzene rings is 1. The molecule has 5 nitrogen and oxygen atoms in total. The minimum atomic E-state index is 0.297. The molecule has 0 aliphatic heterocycles. The molecule has 0 saturated carbocycles. The van der Waals surface area contributed by atoms with E-state index in [2.05, 4.69) is 22.6 Å². The van der Waals surface area contributed by atoms with Crippen molar-refractivity contribution in [1.29, 1.82) is 0 Å². The number of hydrogen-bond donors (Lipinski definition) is 3. The Morgan fingerprint density at radius 1 is 1.32 bits per heavy atom. The lowest BCUT2D eigenvalue weighted by Crippen LogP contribution is -2.17. The third-order valence-electron chi connectivity index (χ3n) is 2.90. The van der Waals surface area contributed by atoms with E-state index in [0.29, 0.717) is 18.9 Å². The van der Waals surface area contributed by atoms with Crippen LogP contribution in [-0.2, 0) is 17.9 Å². The highest BCUT2D eigenvalue weighted by molar-refractivity contribution is 5.79. The van der Waals surface area contributed by atoms with Gasteiger partial charge in [0.15, 0.2) is 0 Å². The molecule has 0 radical (unpaired) electrons. The molecule has 0 saturated heterocycles. The van der Waals surface area contributed by atoms with Crippen LogP contribution in [0.25, 0.3) is 0 Å². The number of nitrogens with two attached hydrogens (primary N) is 1. The van der Waals surface area contributed by atoms with Crippen LogP contribution in [-0.4, -0.2) is 24.7 Å². The van der Waals surface area contributed by atoms with Crippen molar-refractivity contribution in [3.05, 3.63) is 35.4 Å². The zero-order valence-electron chi connectivity index (χ0n) is 11.4. The van der Waals surface area contributed by atoms with Crippen LogP contribution < -0.4 is 11.1 Å². The molecule has 0 bridgehead atoms. The van der Waals surface area contributed by atoms with Gasteiger partial charge in [-0.2, -0.15) is 0 Å². The monoisotopic (exact) mass is 265 g/mol. The SMILES string of the molecule is COCc1ccccc1CNCCCCC(N)=NO. The molecule has 1 aromatic rings. The topological polar surface area (TPSA) is 79.9 Å². The molecule has 0 aliphatic carbocycles. The Labute approximate surface area is 114 Å². The van der Waals surface area contributed by atoms with Gasteiger partial charge >= 0.3 is 0 Å². The van der Waals surface area contributed by atoms with Gasteiger partial charge in [0.1, 0.15) is 5.84 Å². The fourth-order valence-corrected chi connectivity index (χ4v) is 1.86. The molecule has 1 aromatic carbocycles. The first-order chi connectivity index (χ1) is 9.27. The van der Waals surface area contributed by atoms with Gasteiger partial charge in [-0.25, -0.2) is 0 Å². The van der Waals surface area contributed by atoms with Crippen LogP contribution in [0.1, 0.15) is 30.4 Å². The van der Waals surface area contributed by atoms with Crippen LogP contribution in [0, 0.1) is 0 Å². The maximum absolute atomic E-state index is 8.40. The number of amidine groups is 1. The molecule has 0 fully saturated rings. The summed E-state index contributed by atoms with van der Waals surface area (Å²) in [5.41, 5.74) is 7.88.